The lowest BCUT2D eigenvalue weighted by molar-refractivity contribution is -0.137. The minimum Gasteiger partial charge on any atom is -0.260 e. The largest absolute Gasteiger partial charge is 0.416 e. The van der Waals surface area contributed by atoms with Gasteiger partial charge < -0.3 is 0 Å². The predicted octanol–water partition coefficient (Wildman–Crippen LogP) is 4.76. The lowest BCUT2D eigenvalue weighted by atomic mass is 10.1. The Labute approximate surface area is 123 Å². The number of halogens is 4. The predicted molar refractivity (Wildman–Crippen MR) is 75.3 cm³/mol. The van der Waals surface area contributed by atoms with E-state index < -0.39 is 11.7 Å². The Kier molecular flexibility index (Phi) is 3.37. The van der Waals surface area contributed by atoms with Crippen LogP contribution in [0, 0.1) is 0 Å². The molecule has 0 bridgehead atoms. The Bertz CT molecular complexity index is 793. The van der Waals surface area contributed by atoms with Crippen molar-refractivity contribution in [3.8, 4) is 0 Å². The van der Waals surface area contributed by atoms with Gasteiger partial charge in [0.25, 0.3) is 0 Å². The van der Waals surface area contributed by atoms with Crippen molar-refractivity contribution < 1.29 is 13.2 Å². The molecule has 0 radical (unpaired) electrons. The molecule has 108 valence electrons. The zero-order chi connectivity index (χ0) is 15.0. The van der Waals surface area contributed by atoms with E-state index in [1.165, 1.54) is 6.07 Å². The summed E-state index contributed by atoms with van der Waals surface area (Å²) in [7, 11) is 0. The number of fused-ring (bicyclic) bond motifs is 1. The fourth-order valence-electron chi connectivity index (χ4n) is 2.20. The summed E-state index contributed by atoms with van der Waals surface area (Å²) in [5, 5.41) is 5.65. The number of hydrogen-bond donors (Lipinski definition) is 0. The van der Waals surface area contributed by atoms with Gasteiger partial charge >= 0.3 is 6.18 Å². The smallest absolute Gasteiger partial charge is 0.260 e. The normalized spacial score (nSPS) is 12.0. The highest BCUT2D eigenvalue weighted by molar-refractivity contribution is 6.31. The zero-order valence-electron chi connectivity index (χ0n) is 10.7. The highest BCUT2D eigenvalue weighted by atomic mass is 35.5. The van der Waals surface area contributed by atoms with Crippen molar-refractivity contribution in [1.29, 1.82) is 0 Å². The van der Waals surface area contributed by atoms with Crippen LogP contribution in [0.5, 0.6) is 0 Å². The third-order valence-corrected chi connectivity index (χ3v) is 3.43. The van der Waals surface area contributed by atoms with E-state index >= 15 is 0 Å². The Morgan fingerprint density at radius 2 is 1.90 bits per heavy atom. The van der Waals surface area contributed by atoms with E-state index in [4.69, 9.17) is 11.6 Å². The number of rotatable bonds is 2. The van der Waals surface area contributed by atoms with Crippen LogP contribution in [-0.4, -0.2) is 9.78 Å². The van der Waals surface area contributed by atoms with Gasteiger partial charge in [-0.15, -0.1) is 0 Å². The van der Waals surface area contributed by atoms with E-state index in [2.05, 4.69) is 5.10 Å². The van der Waals surface area contributed by atoms with Gasteiger partial charge in [0.15, 0.2) is 0 Å². The fourth-order valence-corrected chi connectivity index (χ4v) is 2.38. The van der Waals surface area contributed by atoms with Crippen molar-refractivity contribution in [2.45, 2.75) is 12.7 Å². The van der Waals surface area contributed by atoms with E-state index in [1.54, 1.807) is 35.1 Å². The molecule has 1 aromatic heterocycles. The van der Waals surface area contributed by atoms with E-state index in [0.29, 0.717) is 10.6 Å². The molecule has 0 spiro atoms. The number of alkyl halides is 3. The van der Waals surface area contributed by atoms with Crippen molar-refractivity contribution in [2.75, 3.05) is 0 Å². The van der Waals surface area contributed by atoms with E-state index in [-0.39, 0.29) is 6.54 Å². The first-order chi connectivity index (χ1) is 9.93. The number of benzene rings is 2. The lowest BCUT2D eigenvalue weighted by Gasteiger charge is -2.09. The third-order valence-electron chi connectivity index (χ3n) is 3.19. The molecule has 3 rings (SSSR count). The maximum atomic E-state index is 12.7. The molecular formula is C15H10ClF3N2. The molecule has 0 N–H and O–H groups in total. The minimum atomic E-state index is -4.34. The molecule has 2 nitrogen and oxygen atoms in total. The standard InChI is InChI=1S/C15H10ClF3N2/c16-13-4-5-14-11(7-13)8-20-21(14)9-10-2-1-3-12(6-10)15(17,18)19/h1-8H,9H2. The Hall–Kier alpha value is -2.01. The molecule has 0 aliphatic heterocycles. The SMILES string of the molecule is FC(F)(F)c1cccc(Cn2ncc3cc(Cl)ccc32)c1. The summed E-state index contributed by atoms with van der Waals surface area (Å²) in [5.74, 6) is 0. The molecule has 0 saturated carbocycles. The number of aromatic nitrogens is 2. The fraction of sp³-hybridized carbons (Fsp3) is 0.133. The van der Waals surface area contributed by atoms with Crippen LogP contribution in [0.1, 0.15) is 11.1 Å². The molecule has 2 aromatic carbocycles. The van der Waals surface area contributed by atoms with Gasteiger partial charge in [0.05, 0.1) is 23.8 Å². The first-order valence-electron chi connectivity index (χ1n) is 6.21. The molecule has 0 aliphatic rings. The molecule has 0 amide bonds. The average molecular weight is 311 g/mol. The summed E-state index contributed by atoms with van der Waals surface area (Å²) in [4.78, 5) is 0. The van der Waals surface area contributed by atoms with Crippen LogP contribution >= 0.6 is 11.6 Å². The van der Waals surface area contributed by atoms with Crippen LogP contribution < -0.4 is 0 Å². The highest BCUT2D eigenvalue weighted by Gasteiger charge is 2.30. The highest BCUT2D eigenvalue weighted by Crippen LogP contribution is 2.30. The Morgan fingerprint density at radius 3 is 2.67 bits per heavy atom. The molecule has 0 unspecified atom stereocenters. The van der Waals surface area contributed by atoms with Crippen LogP contribution in [0.2, 0.25) is 5.02 Å². The van der Waals surface area contributed by atoms with Crippen molar-refractivity contribution in [1.82, 2.24) is 9.78 Å². The van der Waals surface area contributed by atoms with Crippen LogP contribution in [0.4, 0.5) is 13.2 Å². The summed E-state index contributed by atoms with van der Waals surface area (Å²) in [5.41, 5.74) is 0.723. The van der Waals surface area contributed by atoms with E-state index in [1.807, 2.05) is 0 Å². The van der Waals surface area contributed by atoms with Gasteiger partial charge in [-0.2, -0.15) is 18.3 Å². The number of hydrogen-bond acceptors (Lipinski definition) is 1. The first kappa shape index (κ1) is 13.9. The molecule has 3 aromatic rings. The number of nitrogens with zero attached hydrogens (tertiary/aromatic N) is 2. The summed E-state index contributed by atoms with van der Waals surface area (Å²) in [6.07, 6.45) is -2.69. The maximum Gasteiger partial charge on any atom is 0.416 e. The minimum absolute atomic E-state index is 0.273. The topological polar surface area (TPSA) is 17.8 Å². The molecule has 6 heteroatoms. The Morgan fingerprint density at radius 1 is 1.10 bits per heavy atom. The van der Waals surface area contributed by atoms with Gasteiger partial charge in [0.2, 0.25) is 0 Å². The maximum absolute atomic E-state index is 12.7. The molecule has 21 heavy (non-hydrogen) atoms. The van der Waals surface area contributed by atoms with Crippen molar-refractivity contribution in [3.05, 3.63) is 64.8 Å². The van der Waals surface area contributed by atoms with Gasteiger partial charge in [-0.05, 0) is 35.9 Å². The van der Waals surface area contributed by atoms with Crippen LogP contribution in [0.25, 0.3) is 10.9 Å². The zero-order valence-corrected chi connectivity index (χ0v) is 11.5. The van der Waals surface area contributed by atoms with Gasteiger partial charge in [-0.1, -0.05) is 23.7 Å². The molecule has 1 heterocycles. The van der Waals surface area contributed by atoms with Crippen LogP contribution in [0.15, 0.2) is 48.7 Å². The molecule has 0 fully saturated rings. The second-order valence-corrected chi connectivity index (χ2v) is 5.14. The first-order valence-corrected chi connectivity index (χ1v) is 6.58. The van der Waals surface area contributed by atoms with Crippen molar-refractivity contribution >= 4 is 22.5 Å². The van der Waals surface area contributed by atoms with Gasteiger partial charge in [0.1, 0.15) is 0 Å². The van der Waals surface area contributed by atoms with Crippen LogP contribution in [-0.2, 0) is 12.7 Å². The van der Waals surface area contributed by atoms with E-state index in [0.717, 1.165) is 23.0 Å². The molecular weight excluding hydrogens is 301 g/mol. The third kappa shape index (κ3) is 2.88. The van der Waals surface area contributed by atoms with Crippen molar-refractivity contribution in [3.63, 3.8) is 0 Å². The molecule has 0 saturated heterocycles. The lowest BCUT2D eigenvalue weighted by Crippen LogP contribution is -2.07. The monoisotopic (exact) mass is 310 g/mol. The van der Waals surface area contributed by atoms with Gasteiger partial charge in [-0.3, -0.25) is 4.68 Å². The second kappa shape index (κ2) is 5.07. The van der Waals surface area contributed by atoms with E-state index in [9.17, 15) is 13.2 Å². The summed E-state index contributed by atoms with van der Waals surface area (Å²) in [6.45, 7) is 0.273. The van der Waals surface area contributed by atoms with Gasteiger partial charge in [-0.25, -0.2) is 0 Å². The van der Waals surface area contributed by atoms with Crippen LogP contribution in [0.3, 0.4) is 0 Å². The summed E-state index contributed by atoms with van der Waals surface area (Å²) in [6, 6.07) is 10.6. The molecule has 0 aliphatic carbocycles. The quantitative estimate of drug-likeness (QED) is 0.667. The summed E-state index contributed by atoms with van der Waals surface area (Å²) >= 11 is 5.90. The molecule has 0 atom stereocenters. The second-order valence-electron chi connectivity index (χ2n) is 4.70. The Balaban J connectivity index is 1.95. The van der Waals surface area contributed by atoms with Crippen molar-refractivity contribution in [2.24, 2.45) is 0 Å². The van der Waals surface area contributed by atoms with Gasteiger partial charge in [0, 0.05) is 10.4 Å². The summed E-state index contributed by atoms with van der Waals surface area (Å²) < 4.78 is 39.8. The average Bonchev–Trinajstić information content (AvgIpc) is 2.80.